The molecular formula is C14H20N2O. The van der Waals surface area contributed by atoms with Gasteiger partial charge in [-0.1, -0.05) is 26.0 Å². The van der Waals surface area contributed by atoms with Gasteiger partial charge in [-0.15, -0.1) is 0 Å². The quantitative estimate of drug-likeness (QED) is 0.818. The number of benzene rings is 1. The normalized spacial score (nSPS) is 22.2. The van der Waals surface area contributed by atoms with Crippen molar-refractivity contribution in [2.45, 2.75) is 26.8 Å². The van der Waals surface area contributed by atoms with Gasteiger partial charge in [-0.25, -0.2) is 0 Å². The van der Waals surface area contributed by atoms with Gasteiger partial charge in [0.2, 0.25) is 5.91 Å². The molecule has 0 unspecified atom stereocenters. The number of carbonyl (C=O) groups is 1. The molecule has 1 saturated carbocycles. The summed E-state index contributed by atoms with van der Waals surface area (Å²) in [5.41, 5.74) is 2.11. The zero-order valence-electron chi connectivity index (χ0n) is 10.5. The van der Waals surface area contributed by atoms with Crippen LogP contribution in [0.25, 0.3) is 0 Å². The van der Waals surface area contributed by atoms with Gasteiger partial charge in [0, 0.05) is 18.2 Å². The van der Waals surface area contributed by atoms with Crippen LogP contribution in [0.1, 0.15) is 25.8 Å². The highest BCUT2D eigenvalue weighted by Crippen LogP contribution is 2.38. The first-order chi connectivity index (χ1) is 8.20. The molecule has 1 aromatic carbocycles. The van der Waals surface area contributed by atoms with Crippen molar-refractivity contribution in [3.05, 3.63) is 29.8 Å². The lowest BCUT2D eigenvalue weighted by Gasteiger charge is -2.07. The summed E-state index contributed by atoms with van der Waals surface area (Å²) in [5, 5.41) is 6.26. The molecule has 17 heavy (non-hydrogen) atoms. The fraction of sp³-hybridized carbons (Fsp3) is 0.500. The number of hydrogen-bond donors (Lipinski definition) is 2. The van der Waals surface area contributed by atoms with E-state index < -0.39 is 0 Å². The first-order valence-electron chi connectivity index (χ1n) is 6.31. The summed E-state index contributed by atoms with van der Waals surface area (Å²) >= 11 is 0. The smallest absolute Gasteiger partial charge is 0.227 e. The minimum Gasteiger partial charge on any atom is -0.326 e. The van der Waals surface area contributed by atoms with Crippen LogP contribution >= 0.6 is 0 Å². The third kappa shape index (κ3) is 3.30. The van der Waals surface area contributed by atoms with Crippen LogP contribution in [0.4, 0.5) is 5.69 Å². The Kier molecular flexibility index (Phi) is 3.79. The van der Waals surface area contributed by atoms with Crippen LogP contribution in [0.2, 0.25) is 0 Å². The highest BCUT2D eigenvalue weighted by Gasteiger charge is 2.38. The van der Waals surface area contributed by atoms with Crippen molar-refractivity contribution in [3.8, 4) is 0 Å². The summed E-state index contributed by atoms with van der Waals surface area (Å²) < 4.78 is 0. The van der Waals surface area contributed by atoms with Crippen molar-refractivity contribution >= 4 is 11.6 Å². The van der Waals surface area contributed by atoms with E-state index in [-0.39, 0.29) is 11.8 Å². The minimum atomic E-state index is 0.165. The Morgan fingerprint density at radius 1 is 1.47 bits per heavy atom. The Balaban J connectivity index is 1.93. The van der Waals surface area contributed by atoms with Crippen molar-refractivity contribution < 1.29 is 4.79 Å². The standard InChI is InChI=1S/C14H20N2O/c1-3-15-9-11-5-4-6-12(8-11)16-14(17)13-7-10(13)2/h4-6,8,10,13,15H,3,7,9H2,1-2H3,(H,16,17)/t10-,13+/m1/s1. The van der Waals surface area contributed by atoms with E-state index in [0.717, 1.165) is 25.2 Å². The molecule has 0 aromatic heterocycles. The van der Waals surface area contributed by atoms with Crippen LogP contribution in [-0.4, -0.2) is 12.5 Å². The zero-order chi connectivity index (χ0) is 12.3. The van der Waals surface area contributed by atoms with E-state index in [2.05, 4.69) is 30.5 Å². The third-order valence-electron chi connectivity index (χ3n) is 3.22. The molecular weight excluding hydrogens is 212 g/mol. The summed E-state index contributed by atoms with van der Waals surface area (Å²) in [6.07, 6.45) is 1.03. The molecule has 0 heterocycles. The number of hydrogen-bond acceptors (Lipinski definition) is 2. The van der Waals surface area contributed by atoms with Gasteiger partial charge in [-0.3, -0.25) is 4.79 Å². The SMILES string of the molecule is CCNCc1cccc(NC(=O)[C@H]2C[C@H]2C)c1. The van der Waals surface area contributed by atoms with Crippen LogP contribution < -0.4 is 10.6 Å². The highest BCUT2D eigenvalue weighted by molar-refractivity contribution is 5.94. The molecule has 2 N–H and O–H groups in total. The molecule has 3 nitrogen and oxygen atoms in total. The number of nitrogens with one attached hydrogen (secondary N) is 2. The Morgan fingerprint density at radius 2 is 2.24 bits per heavy atom. The maximum atomic E-state index is 11.8. The highest BCUT2D eigenvalue weighted by atomic mass is 16.2. The van der Waals surface area contributed by atoms with E-state index in [1.54, 1.807) is 0 Å². The van der Waals surface area contributed by atoms with E-state index >= 15 is 0 Å². The lowest BCUT2D eigenvalue weighted by Crippen LogP contribution is -2.15. The summed E-state index contributed by atoms with van der Waals surface area (Å²) in [6.45, 7) is 6.00. The number of amides is 1. The molecule has 2 rings (SSSR count). The number of carbonyl (C=O) groups excluding carboxylic acids is 1. The van der Waals surface area contributed by atoms with Crippen LogP contribution in [-0.2, 0) is 11.3 Å². The summed E-state index contributed by atoms with van der Waals surface area (Å²) in [7, 11) is 0. The Morgan fingerprint density at radius 3 is 2.88 bits per heavy atom. The van der Waals surface area contributed by atoms with Crippen LogP contribution in [0.15, 0.2) is 24.3 Å². The van der Waals surface area contributed by atoms with Gasteiger partial charge < -0.3 is 10.6 Å². The molecule has 1 fully saturated rings. The van der Waals surface area contributed by atoms with E-state index in [1.165, 1.54) is 5.56 Å². The number of rotatable bonds is 5. The van der Waals surface area contributed by atoms with Crippen molar-refractivity contribution in [2.24, 2.45) is 11.8 Å². The molecule has 0 bridgehead atoms. The average Bonchev–Trinajstić information content (AvgIpc) is 3.04. The second kappa shape index (κ2) is 5.32. The summed E-state index contributed by atoms with van der Waals surface area (Å²) in [6, 6.07) is 8.03. The first kappa shape index (κ1) is 12.1. The Bertz CT molecular complexity index is 403. The second-order valence-corrected chi connectivity index (χ2v) is 4.79. The second-order valence-electron chi connectivity index (χ2n) is 4.79. The van der Waals surface area contributed by atoms with Crippen molar-refractivity contribution in [3.63, 3.8) is 0 Å². The largest absolute Gasteiger partial charge is 0.326 e. The molecule has 1 amide bonds. The molecule has 1 aliphatic carbocycles. The minimum absolute atomic E-state index is 0.165. The van der Waals surface area contributed by atoms with Gasteiger partial charge in [0.15, 0.2) is 0 Å². The Hall–Kier alpha value is -1.35. The van der Waals surface area contributed by atoms with Crippen LogP contribution in [0, 0.1) is 11.8 Å². The van der Waals surface area contributed by atoms with E-state index in [0.29, 0.717) is 5.92 Å². The molecule has 0 spiro atoms. The monoisotopic (exact) mass is 232 g/mol. The summed E-state index contributed by atoms with van der Waals surface area (Å²) in [5.74, 6) is 0.950. The van der Waals surface area contributed by atoms with Crippen LogP contribution in [0.5, 0.6) is 0 Å². The van der Waals surface area contributed by atoms with E-state index in [1.807, 2.05) is 18.2 Å². The molecule has 1 aliphatic rings. The summed E-state index contributed by atoms with van der Waals surface area (Å²) in [4.78, 5) is 11.8. The fourth-order valence-electron chi connectivity index (χ4n) is 1.95. The molecule has 0 saturated heterocycles. The predicted octanol–water partition coefficient (Wildman–Crippen LogP) is 2.39. The fourth-order valence-corrected chi connectivity index (χ4v) is 1.95. The lowest BCUT2D eigenvalue weighted by atomic mass is 10.2. The zero-order valence-corrected chi connectivity index (χ0v) is 10.5. The van der Waals surface area contributed by atoms with Gasteiger partial charge in [-0.2, -0.15) is 0 Å². The Labute approximate surface area is 103 Å². The van der Waals surface area contributed by atoms with Crippen molar-refractivity contribution in [1.29, 1.82) is 0 Å². The van der Waals surface area contributed by atoms with Crippen molar-refractivity contribution in [1.82, 2.24) is 5.32 Å². The topological polar surface area (TPSA) is 41.1 Å². The molecule has 0 aliphatic heterocycles. The van der Waals surface area contributed by atoms with Crippen molar-refractivity contribution in [2.75, 3.05) is 11.9 Å². The average molecular weight is 232 g/mol. The van der Waals surface area contributed by atoms with Gasteiger partial charge in [0.1, 0.15) is 0 Å². The predicted molar refractivity (Wildman–Crippen MR) is 69.7 cm³/mol. The van der Waals surface area contributed by atoms with Gasteiger partial charge in [0.25, 0.3) is 0 Å². The lowest BCUT2D eigenvalue weighted by molar-refractivity contribution is -0.117. The first-order valence-corrected chi connectivity index (χ1v) is 6.31. The van der Waals surface area contributed by atoms with Gasteiger partial charge in [0.05, 0.1) is 0 Å². The third-order valence-corrected chi connectivity index (χ3v) is 3.22. The van der Waals surface area contributed by atoms with E-state index in [4.69, 9.17) is 0 Å². The van der Waals surface area contributed by atoms with Crippen LogP contribution in [0.3, 0.4) is 0 Å². The maximum Gasteiger partial charge on any atom is 0.227 e. The van der Waals surface area contributed by atoms with Gasteiger partial charge >= 0.3 is 0 Å². The van der Waals surface area contributed by atoms with Gasteiger partial charge in [-0.05, 0) is 36.6 Å². The molecule has 0 radical (unpaired) electrons. The molecule has 92 valence electrons. The number of anilines is 1. The molecule has 3 heteroatoms. The molecule has 2 atom stereocenters. The molecule has 1 aromatic rings. The van der Waals surface area contributed by atoms with E-state index in [9.17, 15) is 4.79 Å². The maximum absolute atomic E-state index is 11.8.